The lowest BCUT2D eigenvalue weighted by Crippen LogP contribution is -2.25. The number of amidine groups is 1. The average molecular weight is 254 g/mol. The fourth-order valence-corrected chi connectivity index (χ4v) is 2.75. The lowest BCUT2D eigenvalue weighted by atomic mass is 10.3. The lowest BCUT2D eigenvalue weighted by molar-refractivity contribution is 0.597. The first kappa shape index (κ1) is 12.0. The summed E-state index contributed by atoms with van der Waals surface area (Å²) in [5.74, 6) is 0.778. The van der Waals surface area contributed by atoms with Crippen LogP contribution in [-0.4, -0.2) is 32.8 Å². The van der Waals surface area contributed by atoms with Crippen molar-refractivity contribution in [3.8, 4) is 0 Å². The Morgan fingerprint density at radius 3 is 2.94 bits per heavy atom. The number of anilines is 1. The predicted octanol–water partition coefficient (Wildman–Crippen LogP) is 0.512. The molecule has 7 heteroatoms. The summed E-state index contributed by atoms with van der Waals surface area (Å²) in [6.07, 6.45) is 2.15. The average Bonchev–Trinajstić information content (AvgIpc) is 2.27. The fourth-order valence-electron chi connectivity index (χ4n) is 1.54. The number of fused-ring (bicyclic) bond motifs is 1. The molecule has 0 bridgehead atoms. The maximum absolute atomic E-state index is 11.9. The molecular weight excluding hydrogens is 240 g/mol. The van der Waals surface area contributed by atoms with Gasteiger partial charge in [-0.2, -0.15) is 8.42 Å². The van der Waals surface area contributed by atoms with Gasteiger partial charge in [0.1, 0.15) is 10.7 Å². The number of aromatic nitrogens is 1. The minimum absolute atomic E-state index is 0.144. The second-order valence-electron chi connectivity index (χ2n) is 3.85. The molecule has 1 aliphatic heterocycles. The monoisotopic (exact) mass is 254 g/mol. The highest BCUT2D eigenvalue weighted by molar-refractivity contribution is 7.90. The molecule has 1 aliphatic rings. The molecule has 0 unspecified atom stereocenters. The second-order valence-corrected chi connectivity index (χ2v) is 5.42. The minimum atomic E-state index is -3.61. The van der Waals surface area contributed by atoms with Gasteiger partial charge in [-0.05, 0) is 25.6 Å². The predicted molar refractivity (Wildman–Crippen MR) is 65.8 cm³/mol. The van der Waals surface area contributed by atoms with Gasteiger partial charge in [-0.1, -0.05) is 0 Å². The Kier molecular flexibility index (Phi) is 3.12. The van der Waals surface area contributed by atoms with Crippen molar-refractivity contribution in [3.05, 3.63) is 17.8 Å². The van der Waals surface area contributed by atoms with E-state index in [1.54, 1.807) is 26.2 Å². The first-order valence-electron chi connectivity index (χ1n) is 5.25. The molecule has 0 fully saturated rings. The summed E-state index contributed by atoms with van der Waals surface area (Å²) in [6, 6.07) is 1.57. The second kappa shape index (κ2) is 4.42. The molecule has 6 nitrogen and oxygen atoms in total. The first-order valence-corrected chi connectivity index (χ1v) is 6.69. The van der Waals surface area contributed by atoms with E-state index < -0.39 is 10.0 Å². The van der Waals surface area contributed by atoms with Crippen LogP contribution >= 0.6 is 0 Å². The van der Waals surface area contributed by atoms with Crippen molar-refractivity contribution in [2.24, 2.45) is 4.40 Å². The number of sulfonamides is 1. The van der Waals surface area contributed by atoms with Gasteiger partial charge in [0.2, 0.25) is 0 Å². The summed E-state index contributed by atoms with van der Waals surface area (Å²) in [4.78, 5) is 4.23. The van der Waals surface area contributed by atoms with Gasteiger partial charge in [-0.25, -0.2) is 4.98 Å². The quantitative estimate of drug-likeness (QED) is 0.821. The van der Waals surface area contributed by atoms with E-state index >= 15 is 0 Å². The van der Waals surface area contributed by atoms with Crippen molar-refractivity contribution < 1.29 is 8.42 Å². The molecule has 2 rings (SSSR count). The number of hydrogen-bond acceptors (Lipinski definition) is 5. The zero-order chi connectivity index (χ0) is 12.5. The number of hydrogen-bond donors (Lipinski definition) is 2. The Hall–Kier alpha value is -1.47. The highest BCUT2D eigenvalue weighted by atomic mass is 32.2. The molecule has 1 aromatic rings. The van der Waals surface area contributed by atoms with Crippen molar-refractivity contribution in [3.63, 3.8) is 0 Å². The van der Waals surface area contributed by atoms with Crippen molar-refractivity contribution in [2.45, 2.75) is 18.2 Å². The molecule has 0 saturated carbocycles. The fraction of sp³-hybridized carbons (Fsp3) is 0.400. The molecule has 0 amide bonds. The van der Waals surface area contributed by atoms with E-state index in [1.807, 2.05) is 0 Å². The van der Waals surface area contributed by atoms with Crippen LogP contribution in [0.3, 0.4) is 0 Å². The van der Waals surface area contributed by atoms with Crippen molar-refractivity contribution in [1.29, 1.82) is 0 Å². The van der Waals surface area contributed by atoms with E-state index in [-0.39, 0.29) is 4.90 Å². The molecule has 1 aromatic heterocycles. The van der Waals surface area contributed by atoms with Crippen LogP contribution in [-0.2, 0) is 10.0 Å². The van der Waals surface area contributed by atoms with E-state index in [9.17, 15) is 8.42 Å². The summed E-state index contributed by atoms with van der Waals surface area (Å²) in [5.41, 5.74) is 0.794. The number of nitrogens with zero attached hydrogens (tertiary/aromatic N) is 2. The standard InChI is InChI=1S/C10H14N4O2S/c1-7-5-8-10(12-6-7)13-9(3-4-11-2)14-17(8,15)16/h5-6,11H,3-4H2,1-2H3,(H,12,13,14). The number of aryl methyl sites for hydroxylation is 1. The third kappa shape index (κ3) is 2.45. The van der Waals surface area contributed by atoms with Gasteiger partial charge in [0, 0.05) is 19.2 Å². The molecule has 2 N–H and O–H groups in total. The van der Waals surface area contributed by atoms with Gasteiger partial charge in [0.05, 0.1) is 0 Å². The van der Waals surface area contributed by atoms with Crippen LogP contribution in [0.25, 0.3) is 0 Å². The van der Waals surface area contributed by atoms with Crippen LogP contribution in [0.5, 0.6) is 0 Å². The Morgan fingerprint density at radius 2 is 2.24 bits per heavy atom. The number of pyridine rings is 1. The minimum Gasteiger partial charge on any atom is -0.327 e. The molecular formula is C10H14N4O2S. The van der Waals surface area contributed by atoms with E-state index in [1.165, 1.54) is 0 Å². The van der Waals surface area contributed by atoms with Crippen LogP contribution in [0.1, 0.15) is 12.0 Å². The highest BCUT2D eigenvalue weighted by Crippen LogP contribution is 2.26. The van der Waals surface area contributed by atoms with Gasteiger partial charge < -0.3 is 10.6 Å². The summed E-state index contributed by atoms with van der Waals surface area (Å²) >= 11 is 0. The number of nitrogens with one attached hydrogen (secondary N) is 2. The molecule has 0 saturated heterocycles. The van der Waals surface area contributed by atoms with E-state index in [0.29, 0.717) is 24.6 Å². The molecule has 0 aromatic carbocycles. The molecule has 2 heterocycles. The third-order valence-corrected chi connectivity index (χ3v) is 3.70. The SMILES string of the molecule is CNCCC1=NS(=O)(=O)c2cc(C)cnc2N1. The zero-order valence-electron chi connectivity index (χ0n) is 9.69. The Balaban J connectivity index is 2.40. The van der Waals surface area contributed by atoms with E-state index in [2.05, 4.69) is 20.0 Å². The molecule has 0 spiro atoms. The molecule has 17 heavy (non-hydrogen) atoms. The van der Waals surface area contributed by atoms with Gasteiger partial charge in [-0.15, -0.1) is 4.40 Å². The third-order valence-electron chi connectivity index (χ3n) is 2.37. The van der Waals surface area contributed by atoms with Crippen LogP contribution in [0, 0.1) is 6.92 Å². The maximum atomic E-state index is 11.9. The first-order chi connectivity index (χ1) is 8.03. The van der Waals surface area contributed by atoms with Gasteiger partial charge in [0.25, 0.3) is 10.0 Å². The largest absolute Gasteiger partial charge is 0.327 e. The van der Waals surface area contributed by atoms with Gasteiger partial charge in [0.15, 0.2) is 5.82 Å². The van der Waals surface area contributed by atoms with Crippen molar-refractivity contribution in [2.75, 3.05) is 18.9 Å². The molecule has 0 atom stereocenters. The van der Waals surface area contributed by atoms with E-state index in [4.69, 9.17) is 0 Å². The van der Waals surface area contributed by atoms with Gasteiger partial charge >= 0.3 is 0 Å². The topological polar surface area (TPSA) is 83.5 Å². The van der Waals surface area contributed by atoms with Crippen molar-refractivity contribution in [1.82, 2.24) is 10.3 Å². The molecule has 92 valence electrons. The summed E-state index contributed by atoms with van der Waals surface area (Å²) in [6.45, 7) is 2.45. The van der Waals surface area contributed by atoms with Crippen molar-refractivity contribution >= 4 is 21.7 Å². The summed E-state index contributed by atoms with van der Waals surface area (Å²) in [7, 11) is -1.81. The zero-order valence-corrected chi connectivity index (χ0v) is 10.5. The van der Waals surface area contributed by atoms with Crippen LogP contribution in [0.2, 0.25) is 0 Å². The highest BCUT2D eigenvalue weighted by Gasteiger charge is 2.25. The smallest absolute Gasteiger partial charge is 0.287 e. The Bertz CT molecular complexity index is 566. The molecule has 0 radical (unpaired) electrons. The summed E-state index contributed by atoms with van der Waals surface area (Å²) < 4.78 is 27.6. The number of rotatable bonds is 3. The van der Waals surface area contributed by atoms with Crippen LogP contribution in [0.15, 0.2) is 21.6 Å². The normalized spacial score (nSPS) is 16.9. The molecule has 0 aliphatic carbocycles. The maximum Gasteiger partial charge on any atom is 0.287 e. The van der Waals surface area contributed by atoms with Crippen LogP contribution in [0.4, 0.5) is 5.82 Å². The Morgan fingerprint density at radius 1 is 1.47 bits per heavy atom. The summed E-state index contributed by atoms with van der Waals surface area (Å²) in [5, 5.41) is 5.87. The van der Waals surface area contributed by atoms with Crippen LogP contribution < -0.4 is 10.6 Å². The van der Waals surface area contributed by atoms with Gasteiger partial charge in [-0.3, -0.25) is 0 Å². The Labute approximate surface area is 100 Å². The van der Waals surface area contributed by atoms with E-state index in [0.717, 1.165) is 5.56 Å². The lowest BCUT2D eigenvalue weighted by Gasteiger charge is -2.17.